The zero-order valence-electron chi connectivity index (χ0n) is 16.9. The van der Waals surface area contributed by atoms with Crippen LogP contribution in [0.5, 0.6) is 0 Å². The molecule has 0 bridgehead atoms. The number of hydrogen-bond acceptors (Lipinski definition) is 6. The maximum atomic E-state index is 13.1. The van der Waals surface area contributed by atoms with Crippen LogP contribution >= 0.6 is 0 Å². The Morgan fingerprint density at radius 2 is 1.55 bits per heavy atom. The molecule has 164 valence electrons. The molecule has 0 aliphatic carbocycles. The highest BCUT2D eigenvalue weighted by Gasteiger charge is 2.47. The number of rotatable bonds is 5. The number of anilines is 1. The summed E-state index contributed by atoms with van der Waals surface area (Å²) in [7, 11) is 0. The summed E-state index contributed by atoms with van der Waals surface area (Å²) in [5.41, 5.74) is 0.237. The van der Waals surface area contributed by atoms with Crippen LogP contribution in [0, 0.1) is 10.1 Å². The van der Waals surface area contributed by atoms with Crippen LogP contribution < -0.4 is 4.90 Å². The number of carboxylic acid groups (broad SMARTS) is 1. The number of carbonyl (C=O) groups excluding carboxylic acids is 2. The lowest BCUT2D eigenvalue weighted by Crippen LogP contribution is -2.29. The molecule has 1 heterocycles. The number of aliphatic hydroxyl groups is 1. The predicted molar refractivity (Wildman–Crippen MR) is 118 cm³/mol. The largest absolute Gasteiger partial charge is 0.507 e. The summed E-state index contributed by atoms with van der Waals surface area (Å²) in [6, 6.07) is 17.7. The van der Waals surface area contributed by atoms with Crippen LogP contribution in [0.4, 0.5) is 11.4 Å². The summed E-state index contributed by atoms with van der Waals surface area (Å²) in [4.78, 5) is 49.1. The third kappa shape index (κ3) is 3.83. The summed E-state index contributed by atoms with van der Waals surface area (Å²) in [5, 5.41) is 31.4. The molecule has 0 spiro atoms. The van der Waals surface area contributed by atoms with Gasteiger partial charge in [-0.15, -0.1) is 0 Å². The van der Waals surface area contributed by atoms with Crippen molar-refractivity contribution in [2.24, 2.45) is 0 Å². The van der Waals surface area contributed by atoms with Gasteiger partial charge in [-0.25, -0.2) is 4.79 Å². The Hall–Kier alpha value is -4.79. The molecule has 0 aromatic heterocycles. The van der Waals surface area contributed by atoms with Crippen molar-refractivity contribution >= 4 is 34.8 Å². The van der Waals surface area contributed by atoms with Gasteiger partial charge in [0.25, 0.3) is 17.4 Å². The lowest BCUT2D eigenvalue weighted by molar-refractivity contribution is -0.384. The highest BCUT2D eigenvalue weighted by Crippen LogP contribution is 2.42. The van der Waals surface area contributed by atoms with Crippen LogP contribution in [0.2, 0.25) is 0 Å². The van der Waals surface area contributed by atoms with E-state index in [-0.39, 0.29) is 28.1 Å². The number of hydrogen-bond donors (Lipinski definition) is 2. The number of Topliss-reactive ketones (excluding diaryl/α,β-unsaturated/α-hetero) is 1. The third-order valence-corrected chi connectivity index (χ3v) is 5.28. The van der Waals surface area contributed by atoms with Crippen LogP contribution in [0.25, 0.3) is 5.76 Å². The minimum atomic E-state index is -1.17. The number of carbonyl (C=O) groups is 3. The molecular weight excluding hydrogens is 428 g/mol. The van der Waals surface area contributed by atoms with Crippen LogP contribution in [-0.2, 0) is 9.59 Å². The number of nitro groups is 1. The number of non-ortho nitro benzene ring substituents is 1. The summed E-state index contributed by atoms with van der Waals surface area (Å²) in [5.74, 6) is -3.50. The van der Waals surface area contributed by atoms with Gasteiger partial charge < -0.3 is 10.2 Å². The van der Waals surface area contributed by atoms with Crippen molar-refractivity contribution < 1.29 is 29.5 Å². The molecule has 3 aromatic carbocycles. The summed E-state index contributed by atoms with van der Waals surface area (Å²) < 4.78 is 0. The Balaban J connectivity index is 1.94. The lowest BCUT2D eigenvalue weighted by atomic mass is 9.94. The Kier molecular flexibility index (Phi) is 5.45. The van der Waals surface area contributed by atoms with Gasteiger partial charge in [-0.05, 0) is 29.8 Å². The molecule has 0 radical (unpaired) electrons. The smallest absolute Gasteiger partial charge is 0.335 e. The molecular formula is C24H16N2O7. The maximum Gasteiger partial charge on any atom is 0.335 e. The molecule has 1 amide bonds. The summed E-state index contributed by atoms with van der Waals surface area (Å²) in [6.45, 7) is 0. The van der Waals surface area contributed by atoms with Crippen molar-refractivity contribution in [3.63, 3.8) is 0 Å². The predicted octanol–water partition coefficient (Wildman–Crippen LogP) is 3.92. The zero-order chi connectivity index (χ0) is 23.7. The van der Waals surface area contributed by atoms with Gasteiger partial charge >= 0.3 is 5.97 Å². The van der Waals surface area contributed by atoms with Crippen molar-refractivity contribution in [2.45, 2.75) is 6.04 Å². The van der Waals surface area contributed by atoms with Crippen LogP contribution in [0.1, 0.15) is 27.5 Å². The van der Waals surface area contributed by atoms with Gasteiger partial charge in [-0.3, -0.25) is 24.6 Å². The van der Waals surface area contributed by atoms with Crippen molar-refractivity contribution in [2.75, 3.05) is 4.90 Å². The molecule has 4 rings (SSSR count). The van der Waals surface area contributed by atoms with E-state index < -0.39 is 34.4 Å². The summed E-state index contributed by atoms with van der Waals surface area (Å²) >= 11 is 0. The van der Waals surface area contributed by atoms with Gasteiger partial charge in [0, 0.05) is 23.4 Å². The fourth-order valence-corrected chi connectivity index (χ4v) is 3.74. The van der Waals surface area contributed by atoms with E-state index in [2.05, 4.69) is 0 Å². The molecule has 0 unspecified atom stereocenters. The second-order valence-electron chi connectivity index (χ2n) is 7.24. The van der Waals surface area contributed by atoms with Gasteiger partial charge in [-0.1, -0.05) is 42.5 Å². The van der Waals surface area contributed by atoms with Crippen LogP contribution in [0.3, 0.4) is 0 Å². The first-order valence-electron chi connectivity index (χ1n) is 9.73. The number of benzene rings is 3. The molecule has 9 nitrogen and oxygen atoms in total. The van der Waals surface area contributed by atoms with Gasteiger partial charge in [0.2, 0.25) is 0 Å². The first kappa shape index (κ1) is 21.4. The Morgan fingerprint density at radius 1 is 0.879 bits per heavy atom. The van der Waals surface area contributed by atoms with E-state index >= 15 is 0 Å². The first-order valence-corrected chi connectivity index (χ1v) is 9.73. The van der Waals surface area contributed by atoms with Crippen LogP contribution in [0.15, 0.2) is 84.4 Å². The van der Waals surface area contributed by atoms with E-state index in [1.165, 1.54) is 48.5 Å². The van der Waals surface area contributed by atoms with Gasteiger partial charge in [-0.2, -0.15) is 0 Å². The second-order valence-corrected chi connectivity index (χ2v) is 7.24. The first-order chi connectivity index (χ1) is 15.8. The van der Waals surface area contributed by atoms with E-state index in [0.29, 0.717) is 5.56 Å². The number of amides is 1. The standard InChI is InChI=1S/C24H16N2O7/c27-21(14-5-2-1-3-6-14)19-20(16-7-4-8-18(13-16)26(32)33)25(23(29)22(19)28)17-11-9-15(10-12-17)24(30)31/h1-13,20,27H,(H,30,31)/b21-19+/t20-/m1/s1. The van der Waals surface area contributed by atoms with Crippen LogP contribution in [-0.4, -0.2) is 32.8 Å². The zero-order valence-corrected chi connectivity index (χ0v) is 16.9. The molecule has 1 aliphatic heterocycles. The van der Waals surface area contributed by atoms with Crippen molar-refractivity contribution in [3.8, 4) is 0 Å². The third-order valence-electron chi connectivity index (χ3n) is 5.28. The fourth-order valence-electron chi connectivity index (χ4n) is 3.74. The number of nitro benzene ring substituents is 1. The van der Waals surface area contributed by atoms with Gasteiger partial charge in [0.1, 0.15) is 5.76 Å². The Bertz CT molecular complexity index is 1310. The maximum absolute atomic E-state index is 13.1. The molecule has 9 heteroatoms. The van der Waals surface area contributed by atoms with Crippen molar-refractivity contribution in [3.05, 3.63) is 111 Å². The molecule has 3 aromatic rings. The molecule has 2 N–H and O–H groups in total. The average Bonchev–Trinajstić information content (AvgIpc) is 3.09. The fraction of sp³-hybridized carbons (Fsp3) is 0.0417. The van der Waals surface area contributed by atoms with E-state index in [0.717, 1.165) is 4.90 Å². The van der Waals surface area contributed by atoms with Gasteiger partial charge in [0.05, 0.1) is 22.1 Å². The molecule has 1 saturated heterocycles. The van der Waals surface area contributed by atoms with E-state index in [1.54, 1.807) is 30.3 Å². The number of carboxylic acids is 1. The van der Waals surface area contributed by atoms with E-state index in [4.69, 9.17) is 5.11 Å². The Morgan fingerprint density at radius 3 is 2.15 bits per heavy atom. The minimum Gasteiger partial charge on any atom is -0.507 e. The number of aromatic carboxylic acids is 1. The highest BCUT2D eigenvalue weighted by molar-refractivity contribution is 6.51. The quantitative estimate of drug-likeness (QED) is 0.200. The number of ketones is 1. The topological polar surface area (TPSA) is 138 Å². The average molecular weight is 444 g/mol. The molecule has 0 saturated carbocycles. The van der Waals surface area contributed by atoms with E-state index in [1.807, 2.05) is 0 Å². The molecule has 33 heavy (non-hydrogen) atoms. The minimum absolute atomic E-state index is 0.0217. The normalized spacial score (nSPS) is 17.2. The molecule has 1 aliphatic rings. The Labute approximate surface area is 187 Å². The van der Waals surface area contributed by atoms with Gasteiger partial charge in [0.15, 0.2) is 0 Å². The SMILES string of the molecule is O=C1C(=O)N(c2ccc(C(=O)O)cc2)[C@H](c2cccc([N+](=O)[O-])c2)/C1=C(\O)c1ccccc1. The van der Waals surface area contributed by atoms with E-state index in [9.17, 15) is 29.6 Å². The number of aliphatic hydroxyl groups excluding tert-OH is 1. The van der Waals surface area contributed by atoms with Crippen molar-refractivity contribution in [1.82, 2.24) is 0 Å². The highest BCUT2D eigenvalue weighted by atomic mass is 16.6. The number of nitrogens with zero attached hydrogens (tertiary/aromatic N) is 2. The monoisotopic (exact) mass is 444 g/mol. The lowest BCUT2D eigenvalue weighted by Gasteiger charge is -2.25. The summed E-state index contributed by atoms with van der Waals surface area (Å²) in [6.07, 6.45) is 0. The second kappa shape index (κ2) is 8.39. The molecule has 1 atom stereocenters. The molecule has 1 fully saturated rings. The van der Waals surface area contributed by atoms with Crippen molar-refractivity contribution in [1.29, 1.82) is 0 Å².